The van der Waals surface area contributed by atoms with Crippen LogP contribution in [0.1, 0.15) is 6.92 Å². The van der Waals surface area contributed by atoms with Gasteiger partial charge in [-0.2, -0.15) is 0 Å². The van der Waals surface area contributed by atoms with E-state index < -0.39 is 13.1 Å². The maximum atomic E-state index is 11.2. The number of para-hydroxylation sites is 1. The molecule has 1 unspecified atom stereocenters. The first-order chi connectivity index (χ1) is 6.33. The molecule has 1 atom stereocenters. The van der Waals surface area contributed by atoms with E-state index in [1.165, 1.54) is 12.1 Å². The molecule has 0 saturated heterocycles. The maximum Gasteiger partial charge on any atom is 0.435 e. The average molecular weight is 218 g/mol. The molecular formula is C8H11O5P. The largest absolute Gasteiger partial charge is 0.435 e. The van der Waals surface area contributed by atoms with Crippen LogP contribution in [0.5, 0.6) is 5.75 Å². The molecule has 1 aromatic carbocycles. The van der Waals surface area contributed by atoms with E-state index in [0.29, 0.717) is 0 Å². The summed E-state index contributed by atoms with van der Waals surface area (Å²) in [6.07, 6.45) is 0. The SMILES string of the molecule is CC(O)(O)P(=O)(O)Oc1ccccc1. The molecule has 5 nitrogen and oxygen atoms in total. The molecule has 0 radical (unpaired) electrons. The van der Waals surface area contributed by atoms with Crippen molar-refractivity contribution in [2.45, 2.75) is 12.5 Å². The molecule has 0 aliphatic rings. The molecule has 0 spiro atoms. The Balaban J connectivity index is 2.85. The Bertz CT molecular complexity index is 342. The van der Waals surface area contributed by atoms with Gasteiger partial charge in [0.2, 0.25) is 0 Å². The molecule has 6 heteroatoms. The van der Waals surface area contributed by atoms with Gasteiger partial charge in [0.25, 0.3) is 5.53 Å². The van der Waals surface area contributed by atoms with Crippen LogP contribution in [0.3, 0.4) is 0 Å². The fraction of sp³-hybridized carbons (Fsp3) is 0.250. The van der Waals surface area contributed by atoms with Crippen LogP contribution < -0.4 is 4.52 Å². The summed E-state index contributed by atoms with van der Waals surface area (Å²) in [6, 6.07) is 7.78. The zero-order chi connectivity index (χ0) is 10.8. The standard InChI is InChI=1S/C8H11O5P/c1-8(9,10)14(11,12)13-7-5-3-2-4-6-7/h2-6,9-10H,1H3,(H,11,12). The molecule has 1 rings (SSSR count). The fourth-order valence-corrected chi connectivity index (χ4v) is 1.29. The van der Waals surface area contributed by atoms with Gasteiger partial charge in [-0.1, -0.05) is 18.2 Å². The molecule has 78 valence electrons. The third kappa shape index (κ3) is 2.56. The Morgan fingerprint density at radius 2 is 1.79 bits per heavy atom. The van der Waals surface area contributed by atoms with Crippen molar-refractivity contribution in [3.05, 3.63) is 30.3 Å². The minimum Gasteiger partial charge on any atom is -0.421 e. The quantitative estimate of drug-likeness (QED) is 0.518. The molecule has 0 heterocycles. The summed E-state index contributed by atoms with van der Waals surface area (Å²) >= 11 is 0. The third-order valence-corrected chi connectivity index (χ3v) is 3.04. The van der Waals surface area contributed by atoms with Gasteiger partial charge in [-0.15, -0.1) is 0 Å². The van der Waals surface area contributed by atoms with Crippen molar-refractivity contribution in [3.63, 3.8) is 0 Å². The second-order valence-corrected chi connectivity index (χ2v) is 4.97. The van der Waals surface area contributed by atoms with Crippen LogP contribution in [0.4, 0.5) is 0 Å². The van der Waals surface area contributed by atoms with Crippen LogP contribution in [-0.4, -0.2) is 20.6 Å². The van der Waals surface area contributed by atoms with Gasteiger partial charge in [0.1, 0.15) is 5.75 Å². The van der Waals surface area contributed by atoms with E-state index >= 15 is 0 Å². The molecule has 0 aliphatic heterocycles. The summed E-state index contributed by atoms with van der Waals surface area (Å²) in [5, 5.41) is 17.8. The highest BCUT2D eigenvalue weighted by Crippen LogP contribution is 2.51. The Morgan fingerprint density at radius 3 is 2.21 bits per heavy atom. The van der Waals surface area contributed by atoms with Crippen LogP contribution >= 0.6 is 7.60 Å². The van der Waals surface area contributed by atoms with Gasteiger partial charge < -0.3 is 19.6 Å². The maximum absolute atomic E-state index is 11.2. The Kier molecular flexibility index (Phi) is 2.97. The first-order valence-corrected chi connectivity index (χ1v) is 5.43. The van der Waals surface area contributed by atoms with E-state index in [-0.39, 0.29) is 5.75 Å². The van der Waals surface area contributed by atoms with Crippen molar-refractivity contribution < 1.29 is 24.2 Å². The molecule has 0 aliphatic carbocycles. The molecule has 14 heavy (non-hydrogen) atoms. The normalized spacial score (nSPS) is 16.0. The van der Waals surface area contributed by atoms with Gasteiger partial charge in [0.15, 0.2) is 0 Å². The number of rotatable bonds is 3. The van der Waals surface area contributed by atoms with E-state index in [1.54, 1.807) is 18.2 Å². The van der Waals surface area contributed by atoms with Crippen molar-refractivity contribution in [1.82, 2.24) is 0 Å². The topological polar surface area (TPSA) is 87.0 Å². The number of benzene rings is 1. The third-order valence-electron chi connectivity index (χ3n) is 1.51. The second kappa shape index (κ2) is 3.71. The van der Waals surface area contributed by atoms with Crippen molar-refractivity contribution in [2.75, 3.05) is 0 Å². The van der Waals surface area contributed by atoms with Crippen LogP contribution in [0.15, 0.2) is 30.3 Å². The molecule has 0 saturated carbocycles. The summed E-state index contributed by atoms with van der Waals surface area (Å²) in [5.74, 6) is 0.104. The van der Waals surface area contributed by atoms with Crippen LogP contribution in [0.25, 0.3) is 0 Å². The number of hydrogen-bond acceptors (Lipinski definition) is 4. The number of aliphatic hydroxyl groups is 2. The average Bonchev–Trinajstić information content (AvgIpc) is 2.03. The summed E-state index contributed by atoms with van der Waals surface area (Å²) < 4.78 is 15.8. The van der Waals surface area contributed by atoms with Gasteiger partial charge in [0.05, 0.1) is 0 Å². The Morgan fingerprint density at radius 1 is 1.29 bits per heavy atom. The predicted octanol–water partition coefficient (Wildman–Crippen LogP) is 0.909. The summed E-state index contributed by atoms with van der Waals surface area (Å²) in [7, 11) is -4.49. The van der Waals surface area contributed by atoms with Gasteiger partial charge in [-0.05, 0) is 12.1 Å². The first kappa shape index (κ1) is 11.2. The molecule has 3 N–H and O–H groups in total. The van der Waals surface area contributed by atoms with E-state index in [4.69, 9.17) is 15.1 Å². The van der Waals surface area contributed by atoms with Crippen molar-refractivity contribution in [1.29, 1.82) is 0 Å². The van der Waals surface area contributed by atoms with E-state index in [9.17, 15) is 4.57 Å². The molecular weight excluding hydrogens is 207 g/mol. The summed E-state index contributed by atoms with van der Waals surface area (Å²) in [4.78, 5) is 9.14. The lowest BCUT2D eigenvalue weighted by Gasteiger charge is -2.22. The fourth-order valence-electron chi connectivity index (χ4n) is 0.711. The molecule has 0 amide bonds. The molecule has 0 fully saturated rings. The molecule has 0 aromatic heterocycles. The van der Waals surface area contributed by atoms with Crippen molar-refractivity contribution in [3.8, 4) is 5.75 Å². The molecule has 0 bridgehead atoms. The Labute approximate surface area is 81.1 Å². The second-order valence-electron chi connectivity index (χ2n) is 2.90. The minimum absolute atomic E-state index is 0.104. The van der Waals surface area contributed by atoms with E-state index in [0.717, 1.165) is 6.92 Å². The highest BCUT2D eigenvalue weighted by Gasteiger charge is 2.43. The van der Waals surface area contributed by atoms with E-state index in [2.05, 4.69) is 4.52 Å². The van der Waals surface area contributed by atoms with Gasteiger partial charge in [0, 0.05) is 6.92 Å². The lowest BCUT2D eigenvalue weighted by atomic mass is 10.3. The Hall–Kier alpha value is -0.870. The van der Waals surface area contributed by atoms with Crippen LogP contribution in [0, 0.1) is 0 Å². The van der Waals surface area contributed by atoms with E-state index in [1.807, 2.05) is 0 Å². The molecule has 1 aromatic rings. The first-order valence-electron chi connectivity index (χ1n) is 3.85. The van der Waals surface area contributed by atoms with Gasteiger partial charge in [-0.25, -0.2) is 4.57 Å². The monoisotopic (exact) mass is 218 g/mol. The van der Waals surface area contributed by atoms with Crippen LogP contribution in [-0.2, 0) is 4.57 Å². The lowest BCUT2D eigenvalue weighted by molar-refractivity contribution is -0.0859. The zero-order valence-electron chi connectivity index (χ0n) is 7.49. The van der Waals surface area contributed by atoms with Crippen molar-refractivity contribution in [2.24, 2.45) is 0 Å². The smallest absolute Gasteiger partial charge is 0.421 e. The van der Waals surface area contributed by atoms with Gasteiger partial charge in [-0.3, -0.25) is 0 Å². The van der Waals surface area contributed by atoms with Crippen LogP contribution in [0.2, 0.25) is 0 Å². The highest BCUT2D eigenvalue weighted by atomic mass is 31.2. The van der Waals surface area contributed by atoms with Crippen molar-refractivity contribution >= 4 is 7.60 Å². The summed E-state index contributed by atoms with van der Waals surface area (Å²) in [5.41, 5.74) is -2.76. The lowest BCUT2D eigenvalue weighted by Crippen LogP contribution is -2.25. The predicted molar refractivity (Wildman–Crippen MR) is 49.7 cm³/mol. The number of hydrogen-bond donors (Lipinski definition) is 3. The highest BCUT2D eigenvalue weighted by molar-refractivity contribution is 7.54. The zero-order valence-corrected chi connectivity index (χ0v) is 8.39. The van der Waals surface area contributed by atoms with Gasteiger partial charge >= 0.3 is 7.60 Å². The minimum atomic E-state index is -4.49. The summed E-state index contributed by atoms with van der Waals surface area (Å²) in [6.45, 7) is 0.788.